The molecule has 1 N–H and O–H groups in total. The molecule has 0 saturated carbocycles. The van der Waals surface area contributed by atoms with Crippen molar-refractivity contribution >= 4 is 39.9 Å². The van der Waals surface area contributed by atoms with Crippen LogP contribution < -0.4 is 15.0 Å². The highest BCUT2D eigenvalue weighted by Gasteiger charge is 2.32. The average molecular weight is 401 g/mol. The van der Waals surface area contributed by atoms with E-state index in [4.69, 9.17) is 9.47 Å². The Morgan fingerprint density at radius 2 is 2.18 bits per heavy atom. The summed E-state index contributed by atoms with van der Waals surface area (Å²) in [5.74, 6) is -0.726. The summed E-state index contributed by atoms with van der Waals surface area (Å²) in [6, 6.07) is 7.02. The number of amides is 2. The smallest absolute Gasteiger partial charge is 0.350 e. The van der Waals surface area contributed by atoms with Crippen LogP contribution in [0.15, 0.2) is 36.9 Å². The Balaban J connectivity index is 1.72. The number of rotatable bonds is 6. The molecule has 3 rings (SSSR count). The van der Waals surface area contributed by atoms with E-state index in [1.54, 1.807) is 38.1 Å². The molecule has 0 aliphatic carbocycles. The Kier molecular flexibility index (Phi) is 5.74. The summed E-state index contributed by atoms with van der Waals surface area (Å²) in [7, 11) is 0. The van der Waals surface area contributed by atoms with E-state index < -0.39 is 18.0 Å². The van der Waals surface area contributed by atoms with Gasteiger partial charge >= 0.3 is 5.97 Å². The van der Waals surface area contributed by atoms with E-state index in [0.717, 1.165) is 11.3 Å². The molecule has 2 amide bonds. The SMILES string of the molecule is C=CCOC(=O)c1sc(NC(=O)CN2C(=O)C(C)Oc3ccccc32)nc1C. The highest BCUT2D eigenvalue weighted by molar-refractivity contribution is 7.17. The van der Waals surface area contributed by atoms with Crippen LogP contribution in [0, 0.1) is 6.92 Å². The van der Waals surface area contributed by atoms with Gasteiger partial charge in [0, 0.05) is 0 Å². The van der Waals surface area contributed by atoms with Gasteiger partial charge in [0.2, 0.25) is 5.91 Å². The molecule has 1 aliphatic rings. The predicted octanol–water partition coefficient (Wildman–Crippen LogP) is 2.55. The minimum absolute atomic E-state index is 0.0919. The number of nitrogens with zero attached hydrogens (tertiary/aromatic N) is 2. The van der Waals surface area contributed by atoms with Crippen LogP contribution in [0.25, 0.3) is 0 Å². The van der Waals surface area contributed by atoms with Gasteiger partial charge in [0.15, 0.2) is 11.2 Å². The lowest BCUT2D eigenvalue weighted by molar-refractivity contribution is -0.127. The van der Waals surface area contributed by atoms with Crippen molar-refractivity contribution in [1.29, 1.82) is 0 Å². The van der Waals surface area contributed by atoms with E-state index in [2.05, 4.69) is 16.9 Å². The molecule has 1 aliphatic heterocycles. The van der Waals surface area contributed by atoms with Crippen molar-refractivity contribution < 1.29 is 23.9 Å². The zero-order valence-corrected chi connectivity index (χ0v) is 16.2. The number of hydrogen-bond donors (Lipinski definition) is 1. The number of fused-ring (bicyclic) bond motifs is 1. The molecule has 1 aromatic heterocycles. The molecular weight excluding hydrogens is 382 g/mol. The van der Waals surface area contributed by atoms with Crippen molar-refractivity contribution in [3.8, 4) is 5.75 Å². The predicted molar refractivity (Wildman–Crippen MR) is 105 cm³/mol. The Morgan fingerprint density at radius 3 is 2.93 bits per heavy atom. The molecule has 1 aromatic carbocycles. The second-order valence-electron chi connectivity index (χ2n) is 6.02. The second kappa shape index (κ2) is 8.22. The standard InChI is InChI=1S/C19H19N3O5S/c1-4-9-26-18(25)16-11(2)20-19(28-16)21-15(23)10-22-13-7-5-6-8-14(13)27-12(3)17(22)24/h4-8,12H,1,9-10H2,2-3H3,(H,20,21,23). The minimum Gasteiger partial charge on any atom is -0.479 e. The van der Waals surface area contributed by atoms with Gasteiger partial charge < -0.3 is 14.8 Å². The first kappa shape index (κ1) is 19.6. The van der Waals surface area contributed by atoms with Gasteiger partial charge in [-0.15, -0.1) is 0 Å². The van der Waals surface area contributed by atoms with E-state index in [9.17, 15) is 14.4 Å². The average Bonchev–Trinajstić information content (AvgIpc) is 3.03. The van der Waals surface area contributed by atoms with Crippen molar-refractivity contribution in [2.45, 2.75) is 20.0 Å². The highest BCUT2D eigenvalue weighted by Crippen LogP contribution is 2.33. The number of nitrogens with one attached hydrogen (secondary N) is 1. The number of aromatic nitrogens is 1. The van der Waals surface area contributed by atoms with Crippen LogP contribution in [-0.2, 0) is 14.3 Å². The molecule has 8 nitrogen and oxygen atoms in total. The number of anilines is 2. The lowest BCUT2D eigenvalue weighted by Gasteiger charge is -2.32. The topological polar surface area (TPSA) is 97.8 Å². The van der Waals surface area contributed by atoms with Gasteiger partial charge in [-0.1, -0.05) is 36.1 Å². The number of esters is 1. The van der Waals surface area contributed by atoms with Crippen molar-refractivity contribution in [3.63, 3.8) is 0 Å². The Hall–Kier alpha value is -3.20. The van der Waals surface area contributed by atoms with Crippen LogP contribution in [-0.4, -0.2) is 42.0 Å². The van der Waals surface area contributed by atoms with Crippen molar-refractivity contribution in [2.24, 2.45) is 0 Å². The Bertz CT molecular complexity index is 939. The lowest BCUT2D eigenvalue weighted by Crippen LogP contribution is -2.47. The van der Waals surface area contributed by atoms with Crippen LogP contribution in [0.1, 0.15) is 22.3 Å². The number of ether oxygens (including phenoxy) is 2. The molecule has 0 spiro atoms. The van der Waals surface area contributed by atoms with Crippen molar-refractivity contribution in [3.05, 3.63) is 47.5 Å². The Morgan fingerprint density at radius 1 is 1.43 bits per heavy atom. The second-order valence-corrected chi connectivity index (χ2v) is 7.02. The summed E-state index contributed by atoms with van der Waals surface area (Å²) in [4.78, 5) is 42.8. The fraction of sp³-hybridized carbons (Fsp3) is 0.263. The third kappa shape index (κ3) is 4.04. The number of hydrogen-bond acceptors (Lipinski definition) is 7. The third-order valence-corrected chi connectivity index (χ3v) is 4.99. The summed E-state index contributed by atoms with van der Waals surface area (Å²) >= 11 is 1.02. The molecule has 1 atom stereocenters. The van der Waals surface area contributed by atoms with Gasteiger partial charge in [-0.2, -0.15) is 0 Å². The summed E-state index contributed by atoms with van der Waals surface area (Å²) in [5, 5.41) is 2.89. The largest absolute Gasteiger partial charge is 0.479 e. The molecule has 0 fully saturated rings. The summed E-state index contributed by atoms with van der Waals surface area (Å²) < 4.78 is 10.6. The molecular formula is C19H19N3O5S. The van der Waals surface area contributed by atoms with Gasteiger partial charge in [-0.05, 0) is 26.0 Å². The molecule has 0 radical (unpaired) electrons. The highest BCUT2D eigenvalue weighted by atomic mass is 32.1. The zero-order chi connectivity index (χ0) is 20.3. The van der Waals surface area contributed by atoms with Gasteiger partial charge in [0.05, 0.1) is 11.4 Å². The number of para-hydroxylation sites is 2. The number of benzene rings is 1. The lowest BCUT2D eigenvalue weighted by atomic mass is 10.2. The van der Waals surface area contributed by atoms with E-state index in [1.807, 2.05) is 0 Å². The molecule has 0 bridgehead atoms. The maximum Gasteiger partial charge on any atom is 0.350 e. The molecule has 146 valence electrons. The quantitative estimate of drug-likeness (QED) is 0.590. The first-order chi connectivity index (χ1) is 13.4. The van der Waals surface area contributed by atoms with E-state index in [1.165, 1.54) is 11.0 Å². The normalized spacial score (nSPS) is 15.4. The molecule has 2 heterocycles. The molecule has 9 heteroatoms. The maximum absolute atomic E-state index is 12.5. The molecule has 0 saturated heterocycles. The van der Waals surface area contributed by atoms with Crippen molar-refractivity contribution in [2.75, 3.05) is 23.4 Å². The van der Waals surface area contributed by atoms with Crippen LogP contribution >= 0.6 is 11.3 Å². The maximum atomic E-state index is 12.5. The minimum atomic E-state index is -0.684. The number of thiazole rings is 1. The summed E-state index contributed by atoms with van der Waals surface area (Å²) in [6.07, 6.45) is 0.783. The van der Waals surface area contributed by atoms with Crippen LogP contribution in [0.3, 0.4) is 0 Å². The van der Waals surface area contributed by atoms with Gasteiger partial charge in [0.25, 0.3) is 5.91 Å². The number of carbonyl (C=O) groups excluding carboxylic acids is 3. The number of carbonyl (C=O) groups is 3. The van der Waals surface area contributed by atoms with E-state index in [-0.39, 0.29) is 24.2 Å². The van der Waals surface area contributed by atoms with E-state index >= 15 is 0 Å². The fourth-order valence-electron chi connectivity index (χ4n) is 2.66. The van der Waals surface area contributed by atoms with Crippen molar-refractivity contribution in [1.82, 2.24) is 4.98 Å². The monoisotopic (exact) mass is 401 g/mol. The summed E-state index contributed by atoms with van der Waals surface area (Å²) in [5.41, 5.74) is 0.987. The van der Waals surface area contributed by atoms with Gasteiger partial charge in [-0.3, -0.25) is 14.5 Å². The van der Waals surface area contributed by atoms with Crippen LogP contribution in [0.4, 0.5) is 10.8 Å². The molecule has 2 aromatic rings. The van der Waals surface area contributed by atoms with Gasteiger partial charge in [0.1, 0.15) is 23.8 Å². The molecule has 1 unspecified atom stereocenters. The summed E-state index contributed by atoms with van der Waals surface area (Å²) in [6.45, 7) is 6.67. The third-order valence-electron chi connectivity index (χ3n) is 3.94. The van der Waals surface area contributed by atoms with Crippen LogP contribution in [0.5, 0.6) is 5.75 Å². The number of aryl methyl sites for hydroxylation is 1. The van der Waals surface area contributed by atoms with Gasteiger partial charge in [-0.25, -0.2) is 9.78 Å². The Labute approximate surface area is 165 Å². The molecule has 28 heavy (non-hydrogen) atoms. The first-order valence-corrected chi connectivity index (χ1v) is 9.34. The fourth-order valence-corrected chi connectivity index (χ4v) is 3.54. The van der Waals surface area contributed by atoms with E-state index in [0.29, 0.717) is 22.0 Å². The van der Waals surface area contributed by atoms with Crippen LogP contribution in [0.2, 0.25) is 0 Å². The first-order valence-electron chi connectivity index (χ1n) is 8.53. The zero-order valence-electron chi connectivity index (χ0n) is 15.4.